The lowest BCUT2D eigenvalue weighted by molar-refractivity contribution is -0.150. The van der Waals surface area contributed by atoms with Crippen LogP contribution in [-0.4, -0.2) is 60.8 Å². The maximum absolute atomic E-state index is 8.72. The molecule has 0 aromatic rings. The Morgan fingerprint density at radius 1 is 1.22 bits per heavy atom. The van der Waals surface area contributed by atoms with E-state index in [4.69, 9.17) is 10.00 Å². The van der Waals surface area contributed by atoms with Crippen LogP contribution >= 0.6 is 0 Å². The van der Waals surface area contributed by atoms with E-state index in [0.717, 1.165) is 38.8 Å². The predicted molar refractivity (Wildman–Crippen MR) is 69.2 cm³/mol. The third-order valence-electron chi connectivity index (χ3n) is 4.95. The van der Waals surface area contributed by atoms with Gasteiger partial charge in [-0.3, -0.25) is 9.80 Å². The summed E-state index contributed by atoms with van der Waals surface area (Å²) in [6, 6.07) is 2.98. The summed E-state index contributed by atoms with van der Waals surface area (Å²) in [7, 11) is 0. The fourth-order valence-corrected chi connectivity index (χ4v) is 3.62. The van der Waals surface area contributed by atoms with Gasteiger partial charge in [-0.25, -0.2) is 0 Å². The van der Waals surface area contributed by atoms with Crippen LogP contribution in [0.5, 0.6) is 0 Å². The maximum atomic E-state index is 8.72. The third-order valence-corrected chi connectivity index (χ3v) is 4.95. The highest BCUT2D eigenvalue weighted by molar-refractivity contribution is 4.97. The van der Waals surface area contributed by atoms with Crippen molar-refractivity contribution in [2.45, 2.75) is 43.7 Å². The molecule has 1 unspecified atom stereocenters. The van der Waals surface area contributed by atoms with Gasteiger partial charge in [0, 0.05) is 38.8 Å². The van der Waals surface area contributed by atoms with E-state index in [0.29, 0.717) is 6.54 Å². The number of ether oxygens (including phenoxy) is 1. The number of rotatable bonds is 2. The summed E-state index contributed by atoms with van der Waals surface area (Å²) in [6.45, 7) is 5.90. The van der Waals surface area contributed by atoms with Crippen molar-refractivity contribution in [1.29, 1.82) is 5.26 Å². The monoisotopic (exact) mass is 249 g/mol. The zero-order valence-electron chi connectivity index (χ0n) is 11.1. The average Bonchev–Trinajstić information content (AvgIpc) is 2.38. The van der Waals surface area contributed by atoms with Crippen LogP contribution in [0.3, 0.4) is 0 Å². The molecule has 1 atom stereocenters. The summed E-state index contributed by atoms with van der Waals surface area (Å²) in [5.74, 6) is 0. The first-order valence-corrected chi connectivity index (χ1v) is 7.29. The van der Waals surface area contributed by atoms with Gasteiger partial charge in [-0.15, -0.1) is 0 Å². The van der Waals surface area contributed by atoms with E-state index in [2.05, 4.69) is 15.9 Å². The molecule has 1 aliphatic carbocycles. The molecule has 0 amide bonds. The molecule has 1 spiro atoms. The van der Waals surface area contributed by atoms with Crippen molar-refractivity contribution in [3.63, 3.8) is 0 Å². The molecule has 2 aliphatic heterocycles. The second kappa shape index (κ2) is 5.16. The van der Waals surface area contributed by atoms with Gasteiger partial charge in [0.15, 0.2) is 0 Å². The van der Waals surface area contributed by atoms with Gasteiger partial charge in [0.1, 0.15) is 0 Å². The van der Waals surface area contributed by atoms with Crippen molar-refractivity contribution in [3.8, 4) is 6.07 Å². The number of hydrogen-bond donors (Lipinski definition) is 0. The lowest BCUT2D eigenvalue weighted by atomic mass is 9.73. The lowest BCUT2D eigenvalue weighted by Gasteiger charge is -2.50. The summed E-state index contributed by atoms with van der Waals surface area (Å²) in [6.07, 6.45) is 6.34. The molecule has 0 bridgehead atoms. The first-order chi connectivity index (χ1) is 8.81. The normalized spacial score (nSPS) is 32.9. The quantitative estimate of drug-likeness (QED) is 0.690. The Kier molecular flexibility index (Phi) is 3.56. The van der Waals surface area contributed by atoms with Crippen LogP contribution in [0.25, 0.3) is 0 Å². The first-order valence-electron chi connectivity index (χ1n) is 7.29. The van der Waals surface area contributed by atoms with Crippen molar-refractivity contribution in [2.24, 2.45) is 0 Å². The molecule has 2 saturated heterocycles. The van der Waals surface area contributed by atoms with Crippen LogP contribution in [0, 0.1) is 11.3 Å². The summed E-state index contributed by atoms with van der Waals surface area (Å²) < 4.78 is 6.00. The fraction of sp³-hybridized carbons (Fsp3) is 0.929. The zero-order valence-corrected chi connectivity index (χ0v) is 11.1. The van der Waals surface area contributed by atoms with Gasteiger partial charge in [-0.05, 0) is 32.1 Å². The summed E-state index contributed by atoms with van der Waals surface area (Å²) in [4.78, 5) is 4.89. The third kappa shape index (κ3) is 2.40. The zero-order chi connectivity index (χ0) is 12.4. The van der Waals surface area contributed by atoms with Gasteiger partial charge in [0.25, 0.3) is 0 Å². The second-order valence-corrected chi connectivity index (χ2v) is 6.00. The molecule has 0 N–H and O–H groups in total. The van der Waals surface area contributed by atoms with Crippen LogP contribution in [0.1, 0.15) is 32.1 Å². The highest BCUT2D eigenvalue weighted by Gasteiger charge is 2.44. The Morgan fingerprint density at radius 3 is 2.61 bits per heavy atom. The minimum atomic E-state index is 0.257. The molecule has 3 aliphatic rings. The van der Waals surface area contributed by atoms with Crippen molar-refractivity contribution in [3.05, 3.63) is 0 Å². The Morgan fingerprint density at radius 2 is 2.00 bits per heavy atom. The van der Waals surface area contributed by atoms with Gasteiger partial charge < -0.3 is 4.74 Å². The predicted octanol–water partition coefficient (Wildman–Crippen LogP) is 1.23. The Bertz CT molecular complexity index is 326. The largest absolute Gasteiger partial charge is 0.375 e. The van der Waals surface area contributed by atoms with Gasteiger partial charge in [-0.2, -0.15) is 5.26 Å². The van der Waals surface area contributed by atoms with E-state index < -0.39 is 0 Å². The Balaban J connectivity index is 1.51. The van der Waals surface area contributed by atoms with Crippen molar-refractivity contribution >= 4 is 0 Å². The van der Waals surface area contributed by atoms with Crippen molar-refractivity contribution < 1.29 is 4.74 Å². The SMILES string of the molecule is N#CCN1CCN(C2CCOC3(CCC3)C2)CC1. The first kappa shape index (κ1) is 12.4. The minimum Gasteiger partial charge on any atom is -0.375 e. The molecule has 0 aromatic carbocycles. The Hall–Kier alpha value is -0.630. The minimum absolute atomic E-state index is 0.257. The molecular formula is C14H23N3O. The second-order valence-electron chi connectivity index (χ2n) is 6.00. The molecule has 0 radical (unpaired) electrons. The Labute approximate surface area is 109 Å². The summed E-state index contributed by atoms with van der Waals surface area (Å²) in [5.41, 5.74) is 0.257. The molecule has 100 valence electrons. The molecular weight excluding hydrogens is 226 g/mol. The topological polar surface area (TPSA) is 39.5 Å². The molecule has 4 heteroatoms. The smallest absolute Gasteiger partial charge is 0.0866 e. The van der Waals surface area contributed by atoms with E-state index in [-0.39, 0.29) is 5.60 Å². The lowest BCUT2D eigenvalue weighted by Crippen LogP contribution is -2.56. The molecule has 2 heterocycles. The van der Waals surface area contributed by atoms with Gasteiger partial charge in [-0.1, -0.05) is 0 Å². The number of nitriles is 1. The maximum Gasteiger partial charge on any atom is 0.0866 e. The van der Waals surface area contributed by atoms with Gasteiger partial charge >= 0.3 is 0 Å². The van der Waals surface area contributed by atoms with Crippen LogP contribution in [0.2, 0.25) is 0 Å². The average molecular weight is 249 g/mol. The van der Waals surface area contributed by atoms with E-state index in [1.165, 1.54) is 32.1 Å². The number of nitrogens with zero attached hydrogens (tertiary/aromatic N) is 3. The van der Waals surface area contributed by atoms with Gasteiger partial charge in [0.05, 0.1) is 18.2 Å². The summed E-state index contributed by atoms with van der Waals surface area (Å²) >= 11 is 0. The molecule has 1 saturated carbocycles. The van der Waals surface area contributed by atoms with E-state index in [9.17, 15) is 0 Å². The van der Waals surface area contributed by atoms with Crippen LogP contribution in [0.15, 0.2) is 0 Å². The van der Waals surface area contributed by atoms with Gasteiger partial charge in [0.2, 0.25) is 0 Å². The van der Waals surface area contributed by atoms with E-state index in [1.54, 1.807) is 0 Å². The van der Waals surface area contributed by atoms with Crippen LogP contribution in [-0.2, 0) is 4.74 Å². The van der Waals surface area contributed by atoms with E-state index >= 15 is 0 Å². The highest BCUT2D eigenvalue weighted by Crippen LogP contribution is 2.43. The molecule has 18 heavy (non-hydrogen) atoms. The highest BCUT2D eigenvalue weighted by atomic mass is 16.5. The molecule has 3 rings (SSSR count). The molecule has 3 fully saturated rings. The molecule has 0 aromatic heterocycles. The standard InChI is InChI=1S/C14H23N3O/c15-5-6-16-7-9-17(10-8-16)13-2-11-18-14(12-13)3-1-4-14/h13H,1-4,6-12H2. The van der Waals surface area contributed by atoms with Crippen LogP contribution in [0.4, 0.5) is 0 Å². The number of hydrogen-bond acceptors (Lipinski definition) is 4. The molecule has 4 nitrogen and oxygen atoms in total. The van der Waals surface area contributed by atoms with Crippen molar-refractivity contribution in [2.75, 3.05) is 39.3 Å². The van der Waals surface area contributed by atoms with Crippen LogP contribution < -0.4 is 0 Å². The number of piperazine rings is 1. The van der Waals surface area contributed by atoms with Crippen molar-refractivity contribution in [1.82, 2.24) is 9.80 Å². The van der Waals surface area contributed by atoms with E-state index in [1.807, 2.05) is 0 Å². The summed E-state index contributed by atoms with van der Waals surface area (Å²) in [5, 5.41) is 8.72. The fourth-order valence-electron chi connectivity index (χ4n) is 3.62.